The van der Waals surface area contributed by atoms with Gasteiger partial charge >= 0.3 is 5.97 Å². The fourth-order valence-corrected chi connectivity index (χ4v) is 2.40. The molecule has 0 unspecified atom stereocenters. The topological polar surface area (TPSA) is 37.3 Å². The number of carboxylic acids is 1. The third-order valence-corrected chi connectivity index (χ3v) is 3.81. The average molecular weight is 309 g/mol. The first-order valence-electron chi connectivity index (χ1n) is 9.29. The molecule has 0 bridgehead atoms. The maximum absolute atomic E-state index is 10.3. The van der Waals surface area contributed by atoms with Crippen molar-refractivity contribution in [3.8, 4) is 0 Å². The minimum absolute atomic E-state index is 0.306. The Hall–Kier alpha value is -1.05. The van der Waals surface area contributed by atoms with Gasteiger partial charge in [0.25, 0.3) is 0 Å². The van der Waals surface area contributed by atoms with Crippen LogP contribution in [-0.2, 0) is 4.79 Å². The Morgan fingerprint density at radius 3 is 1.50 bits per heavy atom. The maximum atomic E-state index is 10.3. The van der Waals surface area contributed by atoms with E-state index in [-0.39, 0.29) is 0 Å². The second kappa shape index (κ2) is 18.0. The van der Waals surface area contributed by atoms with Crippen LogP contribution in [0.5, 0.6) is 0 Å². The zero-order chi connectivity index (χ0) is 16.3. The largest absolute Gasteiger partial charge is 0.481 e. The van der Waals surface area contributed by atoms with Crippen molar-refractivity contribution < 1.29 is 9.90 Å². The highest BCUT2D eigenvalue weighted by Crippen LogP contribution is 2.08. The molecule has 2 nitrogen and oxygen atoms in total. The normalized spacial score (nSPS) is 11.7. The minimum Gasteiger partial charge on any atom is -0.481 e. The fourth-order valence-electron chi connectivity index (χ4n) is 2.40. The zero-order valence-electron chi connectivity index (χ0n) is 14.6. The first kappa shape index (κ1) is 20.9. The van der Waals surface area contributed by atoms with Gasteiger partial charge in [-0.25, -0.2) is 0 Å². The van der Waals surface area contributed by atoms with Gasteiger partial charge in [-0.1, -0.05) is 56.9 Å². The summed E-state index contributed by atoms with van der Waals surface area (Å²) in [5, 5.41) is 8.52. The number of carbonyl (C=O) groups is 1. The van der Waals surface area contributed by atoms with E-state index in [2.05, 4.69) is 31.2 Å². The van der Waals surface area contributed by atoms with Gasteiger partial charge in [0.2, 0.25) is 0 Å². The molecule has 0 rings (SSSR count). The van der Waals surface area contributed by atoms with Gasteiger partial charge in [-0.05, 0) is 57.8 Å². The summed E-state index contributed by atoms with van der Waals surface area (Å²) in [6, 6.07) is 0. The van der Waals surface area contributed by atoms with Gasteiger partial charge in [0, 0.05) is 6.42 Å². The molecule has 0 aromatic heterocycles. The summed E-state index contributed by atoms with van der Waals surface area (Å²) in [7, 11) is 0. The summed E-state index contributed by atoms with van der Waals surface area (Å²) >= 11 is 0. The molecular weight excluding hydrogens is 272 g/mol. The van der Waals surface area contributed by atoms with Crippen LogP contribution in [0.2, 0.25) is 0 Å². The molecule has 0 atom stereocenters. The Balaban J connectivity index is 3.14. The molecule has 0 heterocycles. The molecular formula is C20H36O2. The number of hydrogen-bond donors (Lipinski definition) is 1. The molecule has 0 aliphatic carbocycles. The molecule has 0 radical (unpaired) electrons. The van der Waals surface area contributed by atoms with E-state index in [4.69, 9.17) is 5.11 Å². The van der Waals surface area contributed by atoms with Crippen LogP contribution in [0.15, 0.2) is 24.3 Å². The predicted molar refractivity (Wildman–Crippen MR) is 96.2 cm³/mol. The Kier molecular flexibility index (Phi) is 17.1. The van der Waals surface area contributed by atoms with Gasteiger partial charge in [0.05, 0.1) is 0 Å². The van der Waals surface area contributed by atoms with E-state index in [0.717, 1.165) is 19.3 Å². The summed E-state index contributed by atoms with van der Waals surface area (Å²) in [5.74, 6) is -0.681. The lowest BCUT2D eigenvalue weighted by Crippen LogP contribution is -1.92. The van der Waals surface area contributed by atoms with Crippen LogP contribution in [0, 0.1) is 0 Å². The number of allylic oxidation sites excluding steroid dienone is 4. The Bertz CT molecular complexity index is 292. The van der Waals surface area contributed by atoms with Crippen LogP contribution in [0.3, 0.4) is 0 Å². The first-order chi connectivity index (χ1) is 10.8. The third-order valence-electron chi connectivity index (χ3n) is 3.81. The van der Waals surface area contributed by atoms with E-state index < -0.39 is 5.97 Å². The van der Waals surface area contributed by atoms with Gasteiger partial charge in [0.1, 0.15) is 0 Å². The van der Waals surface area contributed by atoms with Gasteiger partial charge < -0.3 is 5.11 Å². The molecule has 0 spiro atoms. The summed E-state index contributed by atoms with van der Waals surface area (Å²) < 4.78 is 0. The van der Waals surface area contributed by atoms with Crippen LogP contribution < -0.4 is 0 Å². The molecule has 22 heavy (non-hydrogen) atoms. The van der Waals surface area contributed by atoms with Crippen molar-refractivity contribution in [2.45, 2.75) is 96.8 Å². The van der Waals surface area contributed by atoms with Crippen molar-refractivity contribution in [1.82, 2.24) is 0 Å². The summed E-state index contributed by atoms with van der Waals surface area (Å²) in [6.45, 7) is 2.25. The van der Waals surface area contributed by atoms with Gasteiger partial charge in [0.15, 0.2) is 0 Å². The highest BCUT2D eigenvalue weighted by atomic mass is 16.4. The van der Waals surface area contributed by atoms with Crippen LogP contribution in [0.4, 0.5) is 0 Å². The maximum Gasteiger partial charge on any atom is 0.303 e. The molecule has 128 valence electrons. The fraction of sp³-hybridized carbons (Fsp3) is 0.750. The monoisotopic (exact) mass is 308 g/mol. The Morgan fingerprint density at radius 1 is 0.682 bits per heavy atom. The van der Waals surface area contributed by atoms with Crippen molar-refractivity contribution in [3.05, 3.63) is 24.3 Å². The average Bonchev–Trinajstić information content (AvgIpc) is 2.50. The molecule has 0 saturated carbocycles. The molecule has 1 N–H and O–H groups in total. The quantitative estimate of drug-likeness (QED) is 0.255. The Morgan fingerprint density at radius 2 is 1.09 bits per heavy atom. The molecule has 0 aliphatic rings. The molecule has 0 amide bonds. The molecule has 2 heteroatoms. The first-order valence-corrected chi connectivity index (χ1v) is 9.29. The second-order valence-corrected chi connectivity index (χ2v) is 6.07. The highest BCUT2D eigenvalue weighted by Gasteiger charge is 1.94. The molecule has 0 aromatic rings. The predicted octanol–water partition coefficient (Wildman–Crippen LogP) is 6.66. The number of hydrogen-bond acceptors (Lipinski definition) is 1. The van der Waals surface area contributed by atoms with Crippen molar-refractivity contribution in [2.24, 2.45) is 0 Å². The van der Waals surface area contributed by atoms with Crippen molar-refractivity contribution in [2.75, 3.05) is 0 Å². The van der Waals surface area contributed by atoms with E-state index in [1.807, 2.05) is 0 Å². The SMILES string of the molecule is CCCCC/C=C/CCCCCC/C=C/CCCCC(=O)O. The van der Waals surface area contributed by atoms with E-state index in [1.165, 1.54) is 64.2 Å². The van der Waals surface area contributed by atoms with Crippen LogP contribution in [0.1, 0.15) is 96.8 Å². The smallest absolute Gasteiger partial charge is 0.303 e. The van der Waals surface area contributed by atoms with E-state index in [1.54, 1.807) is 0 Å². The molecule has 0 aromatic carbocycles. The van der Waals surface area contributed by atoms with Crippen LogP contribution in [0.25, 0.3) is 0 Å². The van der Waals surface area contributed by atoms with Crippen molar-refractivity contribution in [1.29, 1.82) is 0 Å². The number of aliphatic carboxylic acids is 1. The van der Waals surface area contributed by atoms with Gasteiger partial charge in [-0.15, -0.1) is 0 Å². The summed E-state index contributed by atoms with van der Waals surface area (Å²) in [5.41, 5.74) is 0. The van der Waals surface area contributed by atoms with Crippen LogP contribution >= 0.6 is 0 Å². The van der Waals surface area contributed by atoms with Gasteiger partial charge in [-0.3, -0.25) is 4.79 Å². The summed E-state index contributed by atoms with van der Waals surface area (Å²) in [6.07, 6.45) is 25.2. The number of unbranched alkanes of at least 4 members (excludes halogenated alkanes) is 10. The molecule has 0 saturated heterocycles. The molecule has 0 fully saturated rings. The zero-order valence-corrected chi connectivity index (χ0v) is 14.6. The van der Waals surface area contributed by atoms with Crippen LogP contribution in [-0.4, -0.2) is 11.1 Å². The number of carboxylic acid groups (broad SMARTS) is 1. The number of rotatable bonds is 16. The Labute approximate surface area is 137 Å². The van der Waals surface area contributed by atoms with Crippen molar-refractivity contribution >= 4 is 5.97 Å². The van der Waals surface area contributed by atoms with E-state index >= 15 is 0 Å². The standard InChI is InChI=1S/C20H36O2/c1-2-3-4-5-6-7-8-9-10-11-12-13-14-15-16-17-18-19-20(21)22/h6-7,14-15H,2-5,8-13,16-19H2,1H3,(H,21,22)/b7-6+,15-14+. The third kappa shape index (κ3) is 18.9. The van der Waals surface area contributed by atoms with E-state index in [0.29, 0.717) is 6.42 Å². The lowest BCUT2D eigenvalue weighted by Gasteiger charge is -1.97. The second-order valence-electron chi connectivity index (χ2n) is 6.07. The molecule has 0 aliphatic heterocycles. The lowest BCUT2D eigenvalue weighted by atomic mass is 10.1. The summed E-state index contributed by atoms with van der Waals surface area (Å²) in [4.78, 5) is 10.3. The van der Waals surface area contributed by atoms with E-state index in [9.17, 15) is 4.79 Å². The van der Waals surface area contributed by atoms with Crippen molar-refractivity contribution in [3.63, 3.8) is 0 Å². The minimum atomic E-state index is -0.681. The highest BCUT2D eigenvalue weighted by molar-refractivity contribution is 5.66. The van der Waals surface area contributed by atoms with Gasteiger partial charge in [-0.2, -0.15) is 0 Å². The lowest BCUT2D eigenvalue weighted by molar-refractivity contribution is -0.137.